The van der Waals surface area contributed by atoms with E-state index in [0.717, 1.165) is 0 Å². The highest BCUT2D eigenvalue weighted by atomic mass is 35.5. The van der Waals surface area contributed by atoms with E-state index in [1.54, 1.807) is 17.1 Å². The molecule has 0 aliphatic heterocycles. The average molecular weight is 239 g/mol. The van der Waals surface area contributed by atoms with Crippen molar-refractivity contribution in [3.63, 3.8) is 0 Å². The zero-order chi connectivity index (χ0) is 11.5. The smallest absolute Gasteiger partial charge is 0.239 e. The fraction of sp³-hybridized carbons (Fsp3) is 0.300. The first-order valence-corrected chi connectivity index (χ1v) is 5.22. The lowest BCUT2D eigenvalue weighted by Gasteiger charge is -2.03. The average Bonchev–Trinajstić information content (AvgIpc) is 2.66. The van der Waals surface area contributed by atoms with Crippen LogP contribution in [0.4, 0.5) is 0 Å². The second-order valence-electron chi connectivity index (χ2n) is 3.53. The summed E-state index contributed by atoms with van der Waals surface area (Å²) in [5.41, 5.74) is 0. The van der Waals surface area contributed by atoms with Gasteiger partial charge in [0.15, 0.2) is 10.9 Å². The third-order valence-corrected chi connectivity index (χ3v) is 2.09. The Bertz CT molecular complexity index is 483. The Kier molecular flexibility index (Phi) is 3.05. The summed E-state index contributed by atoms with van der Waals surface area (Å²) in [6.07, 6.45) is 6.38. The van der Waals surface area contributed by atoms with Crippen LogP contribution in [0.3, 0.4) is 0 Å². The Balaban J connectivity index is 2.14. The second-order valence-corrected chi connectivity index (χ2v) is 3.92. The Morgan fingerprint density at radius 1 is 1.31 bits per heavy atom. The van der Waals surface area contributed by atoms with E-state index in [1.165, 1.54) is 12.4 Å². The van der Waals surface area contributed by atoms with Gasteiger partial charge in [0.05, 0.1) is 24.8 Å². The molecule has 0 unspecified atom stereocenters. The van der Waals surface area contributed by atoms with Gasteiger partial charge >= 0.3 is 0 Å². The van der Waals surface area contributed by atoms with Gasteiger partial charge in [0, 0.05) is 6.04 Å². The normalized spacial score (nSPS) is 10.8. The largest absolute Gasteiger partial charge is 0.434 e. The summed E-state index contributed by atoms with van der Waals surface area (Å²) in [6.45, 7) is 4.08. The third-order valence-electron chi connectivity index (χ3n) is 1.91. The molecular formula is C10H11ClN4O. The first-order valence-electron chi connectivity index (χ1n) is 4.84. The van der Waals surface area contributed by atoms with Crippen molar-refractivity contribution in [2.24, 2.45) is 0 Å². The van der Waals surface area contributed by atoms with Crippen molar-refractivity contribution in [3.8, 4) is 11.6 Å². The van der Waals surface area contributed by atoms with Crippen LogP contribution in [0, 0.1) is 0 Å². The van der Waals surface area contributed by atoms with Gasteiger partial charge < -0.3 is 4.74 Å². The Labute approximate surface area is 98.0 Å². The van der Waals surface area contributed by atoms with Crippen LogP contribution in [0.2, 0.25) is 5.15 Å². The monoisotopic (exact) mass is 238 g/mol. The van der Waals surface area contributed by atoms with E-state index in [0.29, 0.717) is 22.8 Å². The minimum absolute atomic E-state index is 0.294. The Morgan fingerprint density at radius 2 is 2.12 bits per heavy atom. The van der Waals surface area contributed by atoms with Crippen molar-refractivity contribution in [2.45, 2.75) is 19.9 Å². The molecule has 84 valence electrons. The summed E-state index contributed by atoms with van der Waals surface area (Å²) in [7, 11) is 0. The molecule has 0 aliphatic carbocycles. The van der Waals surface area contributed by atoms with Crippen LogP contribution >= 0.6 is 11.6 Å². The molecule has 2 aromatic rings. The van der Waals surface area contributed by atoms with E-state index < -0.39 is 0 Å². The van der Waals surface area contributed by atoms with Gasteiger partial charge in [-0.05, 0) is 13.8 Å². The number of aromatic nitrogens is 4. The molecule has 0 aromatic carbocycles. The van der Waals surface area contributed by atoms with Gasteiger partial charge in [-0.2, -0.15) is 10.1 Å². The summed E-state index contributed by atoms with van der Waals surface area (Å²) in [4.78, 5) is 7.84. The number of halogens is 1. The molecular weight excluding hydrogens is 228 g/mol. The minimum atomic E-state index is 0.294. The van der Waals surface area contributed by atoms with E-state index >= 15 is 0 Å². The summed E-state index contributed by atoms with van der Waals surface area (Å²) < 4.78 is 7.25. The third kappa shape index (κ3) is 2.49. The molecule has 0 saturated heterocycles. The lowest BCUT2D eigenvalue weighted by atomic mass is 10.4. The highest BCUT2D eigenvalue weighted by molar-refractivity contribution is 6.29. The topological polar surface area (TPSA) is 52.8 Å². The Hall–Kier alpha value is -1.62. The lowest BCUT2D eigenvalue weighted by Crippen LogP contribution is -1.99. The number of ether oxygens (including phenoxy) is 1. The van der Waals surface area contributed by atoms with Crippen LogP contribution in [-0.2, 0) is 0 Å². The van der Waals surface area contributed by atoms with Crippen LogP contribution in [0.5, 0.6) is 11.6 Å². The Morgan fingerprint density at radius 3 is 2.75 bits per heavy atom. The summed E-state index contributed by atoms with van der Waals surface area (Å²) in [5.74, 6) is 0.973. The highest BCUT2D eigenvalue weighted by Crippen LogP contribution is 2.20. The van der Waals surface area contributed by atoms with Gasteiger partial charge in [-0.1, -0.05) is 11.6 Å². The highest BCUT2D eigenvalue weighted by Gasteiger charge is 2.05. The van der Waals surface area contributed by atoms with E-state index in [2.05, 4.69) is 15.1 Å². The van der Waals surface area contributed by atoms with E-state index in [-0.39, 0.29) is 0 Å². The fourth-order valence-corrected chi connectivity index (χ4v) is 1.29. The number of hydrogen-bond acceptors (Lipinski definition) is 4. The maximum atomic E-state index is 5.69. The van der Waals surface area contributed by atoms with Gasteiger partial charge in [-0.25, -0.2) is 0 Å². The van der Waals surface area contributed by atoms with Crippen LogP contribution in [0.1, 0.15) is 19.9 Å². The summed E-state index contributed by atoms with van der Waals surface area (Å²) in [6, 6.07) is 0.294. The van der Waals surface area contributed by atoms with Gasteiger partial charge in [-0.15, -0.1) is 0 Å². The molecule has 2 aromatic heterocycles. The molecule has 0 radical (unpaired) electrons. The maximum Gasteiger partial charge on any atom is 0.239 e. The van der Waals surface area contributed by atoms with Gasteiger partial charge in [0.25, 0.3) is 0 Å². The van der Waals surface area contributed by atoms with Crippen molar-refractivity contribution < 1.29 is 4.74 Å². The molecule has 0 spiro atoms. The maximum absolute atomic E-state index is 5.69. The summed E-state index contributed by atoms with van der Waals surface area (Å²) >= 11 is 5.69. The predicted octanol–water partition coefficient (Wildman–Crippen LogP) is 2.70. The molecule has 2 rings (SSSR count). The molecule has 0 atom stereocenters. The van der Waals surface area contributed by atoms with Crippen molar-refractivity contribution in [1.29, 1.82) is 0 Å². The zero-order valence-corrected chi connectivity index (χ0v) is 9.72. The molecule has 0 bridgehead atoms. The van der Waals surface area contributed by atoms with Crippen molar-refractivity contribution in [1.82, 2.24) is 19.7 Å². The number of nitrogens with zero attached hydrogens (tertiary/aromatic N) is 4. The molecule has 5 nitrogen and oxygen atoms in total. The predicted molar refractivity (Wildman–Crippen MR) is 59.7 cm³/mol. The molecule has 0 fully saturated rings. The second kappa shape index (κ2) is 4.49. The van der Waals surface area contributed by atoms with Crippen LogP contribution in [0.15, 0.2) is 24.8 Å². The molecule has 16 heavy (non-hydrogen) atoms. The molecule has 2 heterocycles. The lowest BCUT2D eigenvalue weighted by molar-refractivity contribution is 0.456. The molecule has 0 amide bonds. The van der Waals surface area contributed by atoms with Crippen LogP contribution in [0.25, 0.3) is 0 Å². The van der Waals surface area contributed by atoms with Gasteiger partial charge in [0.2, 0.25) is 5.88 Å². The number of hydrogen-bond donors (Lipinski definition) is 0. The first-order chi connectivity index (χ1) is 7.65. The molecule has 0 aliphatic rings. The van der Waals surface area contributed by atoms with Crippen molar-refractivity contribution in [3.05, 3.63) is 29.9 Å². The van der Waals surface area contributed by atoms with E-state index in [1.807, 2.05) is 13.8 Å². The van der Waals surface area contributed by atoms with E-state index in [9.17, 15) is 0 Å². The molecule has 6 heteroatoms. The SMILES string of the molecule is CC(C)n1cc(Oc2cncc(Cl)n2)cn1. The van der Waals surface area contributed by atoms with E-state index in [4.69, 9.17) is 16.3 Å². The zero-order valence-electron chi connectivity index (χ0n) is 8.96. The quantitative estimate of drug-likeness (QED) is 0.825. The van der Waals surface area contributed by atoms with Crippen molar-refractivity contribution >= 4 is 11.6 Å². The standard InChI is InChI=1S/C10H11ClN4O/c1-7(2)15-6-8(3-13-15)16-10-5-12-4-9(11)14-10/h3-7H,1-2H3. The molecule has 0 saturated carbocycles. The number of rotatable bonds is 3. The van der Waals surface area contributed by atoms with Crippen LogP contribution in [-0.4, -0.2) is 19.7 Å². The van der Waals surface area contributed by atoms with Gasteiger partial charge in [0.1, 0.15) is 0 Å². The fourth-order valence-electron chi connectivity index (χ4n) is 1.15. The minimum Gasteiger partial charge on any atom is -0.434 e. The van der Waals surface area contributed by atoms with Crippen LogP contribution < -0.4 is 4.74 Å². The van der Waals surface area contributed by atoms with Gasteiger partial charge in [-0.3, -0.25) is 9.67 Å². The molecule has 0 N–H and O–H groups in total. The van der Waals surface area contributed by atoms with Crippen molar-refractivity contribution in [2.75, 3.05) is 0 Å². The summed E-state index contributed by atoms with van der Waals surface area (Å²) in [5, 5.41) is 4.44. The first kappa shape index (κ1) is 10.9.